The second-order valence-corrected chi connectivity index (χ2v) is 5.33. The fraction of sp³-hybridized carbons (Fsp3) is 0.583. The predicted molar refractivity (Wildman–Crippen MR) is 73.9 cm³/mol. The summed E-state index contributed by atoms with van der Waals surface area (Å²) in [5, 5.41) is 23.2. The summed E-state index contributed by atoms with van der Waals surface area (Å²) in [7, 11) is 0. The van der Waals surface area contributed by atoms with Gasteiger partial charge in [0.2, 0.25) is 0 Å². The molecule has 126 valence electrons. The number of carbonyl (C=O) groups is 1. The number of esters is 1. The highest BCUT2D eigenvalue weighted by Gasteiger charge is 2.33. The smallest absolute Gasteiger partial charge is 0.441 e. The van der Waals surface area contributed by atoms with Gasteiger partial charge in [0.1, 0.15) is 5.65 Å². The largest absolute Gasteiger partial charge is 0.466 e. The highest BCUT2D eigenvalue weighted by atomic mass is 16.6. The third-order valence-electron chi connectivity index (χ3n) is 3.89. The minimum atomic E-state index is -0.149. The van der Waals surface area contributed by atoms with Crippen LogP contribution in [0.2, 0.25) is 0 Å². The molecule has 0 aromatic carbocycles. The summed E-state index contributed by atoms with van der Waals surface area (Å²) >= 11 is 0. The predicted octanol–water partition coefficient (Wildman–Crippen LogP) is -0.986. The lowest BCUT2D eigenvalue weighted by Gasteiger charge is -2.29. The molecular formula is C12H14N8O4. The van der Waals surface area contributed by atoms with Crippen LogP contribution >= 0.6 is 0 Å². The second kappa shape index (κ2) is 5.86. The van der Waals surface area contributed by atoms with Crippen molar-refractivity contribution in [3.63, 3.8) is 0 Å². The van der Waals surface area contributed by atoms with Crippen LogP contribution in [0.3, 0.4) is 0 Å². The van der Waals surface area contributed by atoms with Crippen LogP contribution in [-0.4, -0.2) is 51.4 Å². The van der Waals surface area contributed by atoms with E-state index in [9.17, 15) is 4.79 Å². The van der Waals surface area contributed by atoms with E-state index in [1.807, 2.05) is 4.90 Å². The molecule has 12 heteroatoms. The molecule has 0 N–H and O–H groups in total. The van der Waals surface area contributed by atoms with E-state index in [0.29, 0.717) is 44.2 Å². The number of anilines is 1. The topological polar surface area (TPSA) is 138 Å². The zero-order chi connectivity index (χ0) is 16.5. The quantitative estimate of drug-likeness (QED) is 0.429. The molecule has 1 saturated heterocycles. The molecular weight excluding hydrogens is 320 g/mol. The lowest BCUT2D eigenvalue weighted by Crippen LogP contribution is -2.43. The Morgan fingerprint density at radius 3 is 2.83 bits per heavy atom. The molecule has 4 rings (SSSR count). The first kappa shape index (κ1) is 14.5. The summed E-state index contributed by atoms with van der Waals surface area (Å²) in [6.45, 7) is 3.46. The molecule has 0 unspecified atom stereocenters. The van der Waals surface area contributed by atoms with E-state index in [1.165, 1.54) is 4.80 Å². The average molecular weight is 334 g/mol. The molecule has 0 atom stereocenters. The number of carbonyl (C=O) groups excluding carboxylic acids is 1. The van der Waals surface area contributed by atoms with Crippen LogP contribution in [0.15, 0.2) is 9.26 Å². The fourth-order valence-electron chi connectivity index (χ4n) is 2.69. The van der Waals surface area contributed by atoms with Gasteiger partial charge in [-0.15, -0.1) is 9.43 Å². The minimum Gasteiger partial charge on any atom is -0.466 e. The fourth-order valence-corrected chi connectivity index (χ4v) is 2.69. The maximum atomic E-state index is 11.8. The number of fused-ring (bicyclic) bond motifs is 1. The molecule has 0 radical (unpaired) electrons. The minimum absolute atomic E-state index is 0.0918. The van der Waals surface area contributed by atoms with Crippen molar-refractivity contribution in [1.29, 1.82) is 0 Å². The molecule has 1 aliphatic heterocycles. The zero-order valence-corrected chi connectivity index (χ0v) is 12.8. The van der Waals surface area contributed by atoms with Crippen molar-refractivity contribution < 1.29 is 23.6 Å². The normalized spacial score (nSPS) is 16.0. The highest BCUT2D eigenvalue weighted by molar-refractivity contribution is 5.72. The lowest BCUT2D eigenvalue weighted by atomic mass is 9.97. The van der Waals surface area contributed by atoms with Crippen LogP contribution in [-0.2, 0) is 9.53 Å². The Labute approximate surface area is 134 Å². The van der Waals surface area contributed by atoms with Gasteiger partial charge in [0.05, 0.1) is 12.5 Å². The number of hydrogen-bond donors (Lipinski definition) is 0. The summed E-state index contributed by atoms with van der Waals surface area (Å²) in [4.78, 5) is 15.0. The van der Waals surface area contributed by atoms with E-state index < -0.39 is 0 Å². The van der Waals surface area contributed by atoms with Crippen LogP contribution in [0.5, 0.6) is 0 Å². The van der Waals surface area contributed by atoms with Gasteiger partial charge in [-0.3, -0.25) is 4.79 Å². The van der Waals surface area contributed by atoms with Crippen molar-refractivity contribution in [2.24, 2.45) is 5.92 Å². The number of nitrogens with zero attached hydrogens (tertiary/aromatic N) is 8. The Morgan fingerprint density at radius 1 is 1.29 bits per heavy atom. The van der Waals surface area contributed by atoms with E-state index in [2.05, 4.69) is 35.5 Å². The maximum absolute atomic E-state index is 11.8. The molecule has 0 bridgehead atoms. The highest BCUT2D eigenvalue weighted by Crippen LogP contribution is 2.24. The van der Waals surface area contributed by atoms with Crippen LogP contribution < -0.4 is 14.8 Å². The summed E-state index contributed by atoms with van der Waals surface area (Å²) in [6.07, 6.45) is 1.35. The molecule has 3 aromatic heterocycles. The van der Waals surface area contributed by atoms with Gasteiger partial charge in [-0.05, 0) is 19.8 Å². The number of hydrogen-bond acceptors (Lipinski definition) is 10. The van der Waals surface area contributed by atoms with E-state index >= 15 is 0 Å². The Balaban J connectivity index is 1.51. The number of aromatic nitrogens is 7. The monoisotopic (exact) mass is 334 g/mol. The lowest BCUT2D eigenvalue weighted by molar-refractivity contribution is -0.719. The zero-order valence-electron chi connectivity index (χ0n) is 12.8. The van der Waals surface area contributed by atoms with Gasteiger partial charge in [0.25, 0.3) is 5.82 Å². The van der Waals surface area contributed by atoms with Gasteiger partial charge in [-0.1, -0.05) is 5.16 Å². The van der Waals surface area contributed by atoms with Crippen LogP contribution in [0.1, 0.15) is 19.8 Å². The van der Waals surface area contributed by atoms with Crippen LogP contribution in [0.4, 0.5) is 5.82 Å². The standard InChI is InChI=1S/C12H14N8O4/c1-2-22-12(21)7-3-5-19(6-4-7)10-11(18-24-17-10)20-13-8-9(14-20)16-23-15-8/h7H,2-6H2,1H3. The first-order chi connectivity index (χ1) is 11.8. The summed E-state index contributed by atoms with van der Waals surface area (Å²) in [5.74, 6) is 0.603. The molecule has 1 fully saturated rings. The number of ether oxygens (including phenoxy) is 1. The van der Waals surface area contributed by atoms with Gasteiger partial charge < -0.3 is 14.3 Å². The molecule has 4 heterocycles. The molecule has 12 nitrogen and oxygen atoms in total. The first-order valence-corrected chi connectivity index (χ1v) is 7.56. The number of rotatable bonds is 4. The van der Waals surface area contributed by atoms with Crippen LogP contribution in [0.25, 0.3) is 17.1 Å². The molecule has 24 heavy (non-hydrogen) atoms. The van der Waals surface area contributed by atoms with E-state index in [-0.39, 0.29) is 23.2 Å². The Hall–Kier alpha value is -3.05. The molecule has 0 saturated carbocycles. The molecule has 1 aliphatic rings. The average Bonchev–Trinajstić information content (AvgIpc) is 3.30. The van der Waals surface area contributed by atoms with E-state index in [0.717, 1.165) is 0 Å². The van der Waals surface area contributed by atoms with Crippen molar-refractivity contribution >= 4 is 23.1 Å². The van der Waals surface area contributed by atoms with Gasteiger partial charge in [-0.2, -0.15) is 15.4 Å². The first-order valence-electron chi connectivity index (χ1n) is 7.56. The van der Waals surface area contributed by atoms with Crippen molar-refractivity contribution in [2.45, 2.75) is 19.8 Å². The van der Waals surface area contributed by atoms with Gasteiger partial charge in [0.15, 0.2) is 10.8 Å². The Kier molecular flexibility index (Phi) is 3.55. The van der Waals surface area contributed by atoms with E-state index in [4.69, 9.17) is 9.37 Å². The van der Waals surface area contributed by atoms with Crippen molar-refractivity contribution in [1.82, 2.24) is 30.8 Å². The summed E-state index contributed by atoms with van der Waals surface area (Å²) in [5.41, 5.74) is 0.537. The molecule has 0 aliphatic carbocycles. The Bertz CT molecular complexity index is 818. The van der Waals surface area contributed by atoms with Crippen LogP contribution in [0, 0.1) is 5.92 Å². The number of piperidine rings is 1. The molecule has 3 aromatic rings. The molecule has 0 amide bonds. The Morgan fingerprint density at radius 2 is 2.08 bits per heavy atom. The summed E-state index contributed by atoms with van der Waals surface area (Å²) < 4.78 is 14.4. The molecule has 0 spiro atoms. The van der Waals surface area contributed by atoms with E-state index in [1.54, 1.807) is 6.92 Å². The van der Waals surface area contributed by atoms with Gasteiger partial charge in [-0.25, -0.2) is 0 Å². The second-order valence-electron chi connectivity index (χ2n) is 5.33. The third-order valence-corrected chi connectivity index (χ3v) is 3.89. The third kappa shape index (κ3) is 2.45. The maximum Gasteiger partial charge on any atom is 0.441 e. The van der Waals surface area contributed by atoms with Gasteiger partial charge in [0, 0.05) is 18.2 Å². The van der Waals surface area contributed by atoms with Gasteiger partial charge >= 0.3 is 11.8 Å². The van der Waals surface area contributed by atoms with Crippen molar-refractivity contribution in [3.05, 3.63) is 0 Å². The SMILES string of the molecule is CCOC(=O)C1CCN(c2nonc2-[n+]2nc3nonc3[n-]2)CC1. The van der Waals surface area contributed by atoms with Crippen molar-refractivity contribution in [2.75, 3.05) is 24.6 Å². The van der Waals surface area contributed by atoms with Crippen molar-refractivity contribution in [3.8, 4) is 5.82 Å². The summed E-state index contributed by atoms with van der Waals surface area (Å²) in [6, 6.07) is 0.